The van der Waals surface area contributed by atoms with E-state index >= 15 is 0 Å². The van der Waals surface area contributed by atoms with E-state index in [4.69, 9.17) is 5.73 Å². The number of nitrogens with one attached hydrogen (secondary N) is 1. The topological polar surface area (TPSA) is 89.3 Å². The Kier molecular flexibility index (Phi) is 4.65. The predicted octanol–water partition coefficient (Wildman–Crippen LogP) is 0.312. The minimum absolute atomic E-state index is 0.0655. The molecule has 6 heteroatoms. The van der Waals surface area contributed by atoms with Gasteiger partial charge in [-0.3, -0.25) is 14.4 Å². The third-order valence-corrected chi connectivity index (χ3v) is 2.75. The zero-order chi connectivity index (χ0) is 12.0. The van der Waals surface area contributed by atoms with E-state index in [1.165, 1.54) is 11.3 Å². The summed E-state index contributed by atoms with van der Waals surface area (Å²) < 4.78 is 0. The Morgan fingerprint density at radius 1 is 1.31 bits per heavy atom. The van der Waals surface area contributed by atoms with Crippen molar-refractivity contribution in [2.24, 2.45) is 5.73 Å². The van der Waals surface area contributed by atoms with E-state index in [-0.39, 0.29) is 31.1 Å². The summed E-state index contributed by atoms with van der Waals surface area (Å²) in [6.07, 6.45) is 0.217. The Bertz CT molecular complexity index is 387. The van der Waals surface area contributed by atoms with Gasteiger partial charge in [0.1, 0.15) is 0 Å². The fourth-order valence-electron chi connectivity index (χ4n) is 1.06. The van der Waals surface area contributed by atoms with Gasteiger partial charge < -0.3 is 11.1 Å². The van der Waals surface area contributed by atoms with E-state index < -0.39 is 5.91 Å². The summed E-state index contributed by atoms with van der Waals surface area (Å²) in [5.74, 6) is -1.01. The summed E-state index contributed by atoms with van der Waals surface area (Å²) in [5, 5.41) is 4.13. The smallest absolute Gasteiger partial charge is 0.236 e. The number of amides is 2. The van der Waals surface area contributed by atoms with Crippen LogP contribution in [0.15, 0.2) is 17.5 Å². The number of carbonyl (C=O) groups is 3. The Labute approximate surface area is 96.6 Å². The van der Waals surface area contributed by atoms with Crippen LogP contribution in [0.3, 0.4) is 0 Å². The van der Waals surface area contributed by atoms with Gasteiger partial charge in [-0.1, -0.05) is 6.07 Å². The first kappa shape index (κ1) is 12.4. The number of hydrogen-bond acceptors (Lipinski definition) is 4. The molecule has 0 bridgehead atoms. The number of primary amides is 1. The molecular formula is C10H12N2O3S. The van der Waals surface area contributed by atoms with Gasteiger partial charge in [-0.2, -0.15) is 0 Å². The molecule has 1 rings (SSSR count). The molecule has 5 nitrogen and oxygen atoms in total. The van der Waals surface area contributed by atoms with Crippen LogP contribution in [0.25, 0.3) is 0 Å². The van der Waals surface area contributed by atoms with E-state index in [1.807, 2.05) is 0 Å². The van der Waals surface area contributed by atoms with Crippen molar-refractivity contribution in [3.63, 3.8) is 0 Å². The SMILES string of the molecule is NC(=O)CNC(=O)CCC(=O)c1cccs1. The third kappa shape index (κ3) is 4.22. The zero-order valence-electron chi connectivity index (χ0n) is 8.56. The van der Waals surface area contributed by atoms with Gasteiger partial charge in [0.15, 0.2) is 5.78 Å². The normalized spacial score (nSPS) is 9.75. The summed E-state index contributed by atoms with van der Waals surface area (Å²) in [7, 11) is 0. The molecule has 0 spiro atoms. The standard InChI is InChI=1S/C10H12N2O3S/c11-9(14)6-12-10(15)4-3-7(13)8-2-1-5-16-8/h1-2,5H,3-4,6H2,(H2,11,14)(H,12,15). The van der Waals surface area contributed by atoms with E-state index in [2.05, 4.69) is 5.32 Å². The maximum absolute atomic E-state index is 11.5. The largest absolute Gasteiger partial charge is 0.368 e. The Morgan fingerprint density at radius 3 is 2.62 bits per heavy atom. The van der Waals surface area contributed by atoms with E-state index in [0.29, 0.717) is 4.88 Å². The molecule has 0 aliphatic carbocycles. The van der Waals surface area contributed by atoms with E-state index in [9.17, 15) is 14.4 Å². The lowest BCUT2D eigenvalue weighted by Gasteiger charge is -2.01. The molecule has 0 atom stereocenters. The average Bonchev–Trinajstić information content (AvgIpc) is 2.76. The zero-order valence-corrected chi connectivity index (χ0v) is 9.38. The lowest BCUT2D eigenvalue weighted by atomic mass is 10.2. The highest BCUT2D eigenvalue weighted by Gasteiger charge is 2.10. The summed E-state index contributed by atoms with van der Waals surface area (Å²) >= 11 is 1.35. The molecule has 0 fully saturated rings. The molecule has 2 amide bonds. The van der Waals surface area contributed by atoms with E-state index in [0.717, 1.165) is 0 Å². The highest BCUT2D eigenvalue weighted by atomic mass is 32.1. The highest BCUT2D eigenvalue weighted by Crippen LogP contribution is 2.11. The number of thiophene rings is 1. The van der Waals surface area contributed by atoms with Crippen LogP contribution in [0.2, 0.25) is 0 Å². The minimum Gasteiger partial charge on any atom is -0.368 e. The maximum atomic E-state index is 11.5. The molecule has 0 saturated heterocycles. The molecular weight excluding hydrogens is 228 g/mol. The van der Waals surface area contributed by atoms with Crippen molar-refractivity contribution in [3.8, 4) is 0 Å². The number of Topliss-reactive ketones (excluding diaryl/α,β-unsaturated/α-hetero) is 1. The van der Waals surface area contributed by atoms with Gasteiger partial charge in [0.2, 0.25) is 11.8 Å². The molecule has 1 aromatic rings. The molecule has 0 radical (unpaired) electrons. The Morgan fingerprint density at radius 2 is 2.06 bits per heavy atom. The molecule has 0 aliphatic heterocycles. The van der Waals surface area contributed by atoms with Crippen LogP contribution in [-0.4, -0.2) is 24.1 Å². The molecule has 0 saturated carbocycles. The molecule has 0 aromatic carbocycles. The first-order valence-electron chi connectivity index (χ1n) is 4.71. The second-order valence-electron chi connectivity index (χ2n) is 3.14. The van der Waals surface area contributed by atoms with Crippen molar-refractivity contribution in [2.75, 3.05) is 6.54 Å². The summed E-state index contributed by atoms with van der Waals surface area (Å²) in [6.45, 7) is -0.188. The van der Waals surface area contributed by atoms with Gasteiger partial charge >= 0.3 is 0 Å². The van der Waals surface area contributed by atoms with Crippen LogP contribution < -0.4 is 11.1 Å². The Hall–Kier alpha value is -1.69. The number of ketones is 1. The van der Waals surface area contributed by atoms with Crippen molar-refractivity contribution < 1.29 is 14.4 Å². The molecule has 0 aliphatic rings. The van der Waals surface area contributed by atoms with Crippen LogP contribution in [-0.2, 0) is 9.59 Å². The molecule has 16 heavy (non-hydrogen) atoms. The van der Waals surface area contributed by atoms with Crippen LogP contribution in [0.4, 0.5) is 0 Å². The lowest BCUT2D eigenvalue weighted by Crippen LogP contribution is -2.33. The molecule has 1 heterocycles. The fourth-order valence-corrected chi connectivity index (χ4v) is 1.76. The molecule has 1 aromatic heterocycles. The number of nitrogens with two attached hydrogens (primary N) is 1. The second kappa shape index (κ2) is 6.02. The van der Waals surface area contributed by atoms with Crippen molar-refractivity contribution in [1.29, 1.82) is 0 Å². The van der Waals surface area contributed by atoms with Crippen molar-refractivity contribution in [1.82, 2.24) is 5.32 Å². The number of rotatable bonds is 6. The third-order valence-electron chi connectivity index (χ3n) is 1.83. The summed E-state index contributed by atoms with van der Waals surface area (Å²) in [4.78, 5) is 33.7. The average molecular weight is 240 g/mol. The fraction of sp³-hybridized carbons (Fsp3) is 0.300. The molecule has 0 unspecified atom stereocenters. The predicted molar refractivity (Wildman–Crippen MR) is 60.1 cm³/mol. The summed E-state index contributed by atoms with van der Waals surface area (Å²) in [6, 6.07) is 3.50. The minimum atomic E-state index is -0.599. The van der Waals surface area contributed by atoms with Crippen LogP contribution in [0.1, 0.15) is 22.5 Å². The van der Waals surface area contributed by atoms with Gasteiger partial charge in [0.25, 0.3) is 0 Å². The van der Waals surface area contributed by atoms with Crippen molar-refractivity contribution >= 4 is 28.9 Å². The van der Waals surface area contributed by atoms with Crippen LogP contribution in [0.5, 0.6) is 0 Å². The Balaban J connectivity index is 2.27. The highest BCUT2D eigenvalue weighted by molar-refractivity contribution is 7.12. The van der Waals surface area contributed by atoms with Crippen molar-refractivity contribution in [2.45, 2.75) is 12.8 Å². The van der Waals surface area contributed by atoms with Gasteiger partial charge in [0, 0.05) is 12.8 Å². The van der Waals surface area contributed by atoms with Gasteiger partial charge in [-0.15, -0.1) is 11.3 Å². The number of hydrogen-bond donors (Lipinski definition) is 2. The van der Waals surface area contributed by atoms with Crippen LogP contribution >= 0.6 is 11.3 Å². The molecule has 3 N–H and O–H groups in total. The number of carbonyl (C=O) groups excluding carboxylic acids is 3. The lowest BCUT2D eigenvalue weighted by molar-refractivity contribution is -0.124. The monoisotopic (exact) mass is 240 g/mol. The second-order valence-corrected chi connectivity index (χ2v) is 4.09. The summed E-state index contributed by atoms with van der Waals surface area (Å²) in [5.41, 5.74) is 4.85. The first-order valence-corrected chi connectivity index (χ1v) is 5.59. The van der Waals surface area contributed by atoms with Gasteiger partial charge in [0.05, 0.1) is 11.4 Å². The van der Waals surface area contributed by atoms with Crippen molar-refractivity contribution in [3.05, 3.63) is 22.4 Å². The van der Waals surface area contributed by atoms with Gasteiger partial charge in [-0.25, -0.2) is 0 Å². The molecule has 86 valence electrons. The van der Waals surface area contributed by atoms with Crippen LogP contribution in [0, 0.1) is 0 Å². The maximum Gasteiger partial charge on any atom is 0.236 e. The van der Waals surface area contributed by atoms with Gasteiger partial charge in [-0.05, 0) is 11.4 Å². The van der Waals surface area contributed by atoms with E-state index in [1.54, 1.807) is 17.5 Å². The quantitative estimate of drug-likeness (QED) is 0.701. The first-order chi connectivity index (χ1) is 7.59.